The lowest BCUT2D eigenvalue weighted by atomic mass is 9.65. The fourth-order valence-electron chi connectivity index (χ4n) is 4.71. The molecule has 1 aliphatic carbocycles. The average molecular weight is 456 g/mol. The Bertz CT molecular complexity index is 1000. The van der Waals surface area contributed by atoms with Gasteiger partial charge in [-0.1, -0.05) is 24.6 Å². The standard InChI is InChI=1S/C23H22ClF4NO2/c1-13(21(30)29-19-5-3-16(24)11-18(19)25)14-6-8-22(9-7-14)12-31-20-10-15(23(26,27)28)2-4-17(20)22/h2-5,10-11,13-14H,6-9,12H2,1H3,(H,29,30)/t13-,14-,22+/m1/s1. The lowest BCUT2D eigenvalue weighted by Gasteiger charge is -2.38. The van der Waals surface area contributed by atoms with Crippen molar-refractivity contribution in [2.75, 3.05) is 11.9 Å². The van der Waals surface area contributed by atoms with E-state index in [1.165, 1.54) is 18.2 Å². The third-order valence-corrected chi connectivity index (χ3v) is 6.92. The largest absolute Gasteiger partial charge is 0.492 e. The van der Waals surface area contributed by atoms with Crippen LogP contribution in [0.2, 0.25) is 5.02 Å². The number of halogens is 5. The normalized spacial score (nSPS) is 23.9. The second-order valence-corrected chi connectivity index (χ2v) is 8.95. The van der Waals surface area contributed by atoms with Gasteiger partial charge in [0, 0.05) is 21.9 Å². The van der Waals surface area contributed by atoms with E-state index in [-0.39, 0.29) is 33.9 Å². The summed E-state index contributed by atoms with van der Waals surface area (Å²) in [5.74, 6) is -0.785. The topological polar surface area (TPSA) is 38.3 Å². The molecule has 1 saturated carbocycles. The number of ether oxygens (including phenoxy) is 1. The van der Waals surface area contributed by atoms with Crippen LogP contribution >= 0.6 is 11.6 Å². The van der Waals surface area contributed by atoms with Gasteiger partial charge in [-0.15, -0.1) is 0 Å². The number of anilines is 1. The molecule has 2 aromatic rings. The molecule has 1 N–H and O–H groups in total. The molecule has 1 heterocycles. The highest BCUT2D eigenvalue weighted by Crippen LogP contribution is 2.51. The first kappa shape index (κ1) is 21.9. The van der Waals surface area contributed by atoms with Crippen LogP contribution in [-0.2, 0) is 16.4 Å². The van der Waals surface area contributed by atoms with E-state index in [2.05, 4.69) is 5.32 Å². The van der Waals surface area contributed by atoms with E-state index in [0.29, 0.717) is 12.4 Å². The van der Waals surface area contributed by atoms with E-state index in [0.717, 1.165) is 49.4 Å². The molecule has 31 heavy (non-hydrogen) atoms. The number of fused-ring (bicyclic) bond motifs is 2. The van der Waals surface area contributed by atoms with Gasteiger partial charge in [-0.05, 0) is 61.9 Å². The first-order valence-corrected chi connectivity index (χ1v) is 10.6. The molecule has 8 heteroatoms. The highest BCUT2D eigenvalue weighted by atomic mass is 35.5. The number of amides is 1. The van der Waals surface area contributed by atoms with Crippen LogP contribution in [0.15, 0.2) is 36.4 Å². The van der Waals surface area contributed by atoms with Crippen molar-refractivity contribution in [3.63, 3.8) is 0 Å². The van der Waals surface area contributed by atoms with Gasteiger partial charge in [0.2, 0.25) is 5.91 Å². The van der Waals surface area contributed by atoms with E-state index in [4.69, 9.17) is 16.3 Å². The Morgan fingerprint density at radius 1 is 1.19 bits per heavy atom. The lowest BCUT2D eigenvalue weighted by Crippen LogP contribution is -2.37. The number of hydrogen-bond donors (Lipinski definition) is 1. The van der Waals surface area contributed by atoms with E-state index >= 15 is 0 Å². The summed E-state index contributed by atoms with van der Waals surface area (Å²) in [6, 6.07) is 7.81. The minimum absolute atomic E-state index is 0.0899. The van der Waals surface area contributed by atoms with Gasteiger partial charge in [0.05, 0.1) is 17.9 Å². The maximum Gasteiger partial charge on any atom is 0.416 e. The van der Waals surface area contributed by atoms with Crippen LogP contribution in [-0.4, -0.2) is 12.5 Å². The number of carbonyl (C=O) groups excluding carboxylic acids is 1. The van der Waals surface area contributed by atoms with Gasteiger partial charge in [0.25, 0.3) is 0 Å². The van der Waals surface area contributed by atoms with Crippen molar-refractivity contribution in [3.8, 4) is 5.75 Å². The minimum atomic E-state index is -4.40. The summed E-state index contributed by atoms with van der Waals surface area (Å²) >= 11 is 5.75. The number of benzene rings is 2. The first-order chi connectivity index (χ1) is 14.6. The van der Waals surface area contributed by atoms with Gasteiger partial charge < -0.3 is 10.1 Å². The van der Waals surface area contributed by atoms with Crippen LogP contribution in [0.5, 0.6) is 5.75 Å². The van der Waals surface area contributed by atoms with Crippen LogP contribution < -0.4 is 10.1 Å². The summed E-state index contributed by atoms with van der Waals surface area (Å²) < 4.78 is 58.6. The van der Waals surface area contributed by atoms with Crippen LogP contribution in [0.4, 0.5) is 23.2 Å². The van der Waals surface area contributed by atoms with Crippen molar-refractivity contribution >= 4 is 23.2 Å². The number of nitrogens with one attached hydrogen (secondary N) is 1. The second-order valence-electron chi connectivity index (χ2n) is 8.52. The summed E-state index contributed by atoms with van der Waals surface area (Å²) in [6.45, 7) is 2.17. The van der Waals surface area contributed by atoms with Crippen molar-refractivity contribution < 1.29 is 27.1 Å². The Balaban J connectivity index is 1.42. The molecule has 4 rings (SSSR count). The summed E-state index contributed by atoms with van der Waals surface area (Å²) in [5.41, 5.74) is -0.114. The average Bonchev–Trinajstić information content (AvgIpc) is 3.07. The first-order valence-electron chi connectivity index (χ1n) is 10.2. The molecule has 1 amide bonds. The Morgan fingerprint density at radius 2 is 1.90 bits per heavy atom. The molecule has 2 aliphatic rings. The molecule has 3 nitrogen and oxygen atoms in total. The van der Waals surface area contributed by atoms with Crippen LogP contribution in [0.25, 0.3) is 0 Å². The van der Waals surface area contributed by atoms with E-state index in [1.54, 1.807) is 0 Å². The predicted molar refractivity (Wildman–Crippen MR) is 110 cm³/mol. The minimum Gasteiger partial charge on any atom is -0.492 e. The quantitative estimate of drug-likeness (QED) is 0.530. The Hall–Kier alpha value is -2.28. The summed E-state index contributed by atoms with van der Waals surface area (Å²) in [6.07, 6.45) is -1.48. The smallest absolute Gasteiger partial charge is 0.416 e. The molecular weight excluding hydrogens is 434 g/mol. The van der Waals surface area contributed by atoms with Gasteiger partial charge in [-0.2, -0.15) is 13.2 Å². The fraction of sp³-hybridized carbons (Fsp3) is 0.435. The molecule has 1 aliphatic heterocycles. The zero-order valence-electron chi connectivity index (χ0n) is 16.9. The van der Waals surface area contributed by atoms with E-state index in [9.17, 15) is 22.4 Å². The van der Waals surface area contributed by atoms with Gasteiger partial charge in [0.15, 0.2) is 0 Å². The highest BCUT2D eigenvalue weighted by molar-refractivity contribution is 6.30. The summed E-state index contributed by atoms with van der Waals surface area (Å²) in [7, 11) is 0. The molecule has 1 fully saturated rings. The molecule has 0 saturated heterocycles. The summed E-state index contributed by atoms with van der Waals surface area (Å²) in [5, 5.41) is 2.88. The Labute approximate surface area is 182 Å². The predicted octanol–water partition coefficient (Wildman–Crippen LogP) is 6.59. The second kappa shape index (κ2) is 8.01. The third kappa shape index (κ3) is 4.25. The zero-order valence-corrected chi connectivity index (χ0v) is 17.6. The third-order valence-electron chi connectivity index (χ3n) is 6.68. The molecule has 0 aromatic heterocycles. The fourth-order valence-corrected chi connectivity index (χ4v) is 4.87. The van der Waals surface area contributed by atoms with Crippen molar-refractivity contribution in [1.29, 1.82) is 0 Å². The molecule has 0 radical (unpaired) electrons. The Kier molecular flexibility index (Phi) is 5.66. The number of carbonyl (C=O) groups is 1. The molecule has 0 unspecified atom stereocenters. The van der Waals surface area contributed by atoms with Gasteiger partial charge in [-0.25, -0.2) is 4.39 Å². The highest BCUT2D eigenvalue weighted by Gasteiger charge is 2.45. The maximum absolute atomic E-state index is 14.0. The van der Waals surface area contributed by atoms with Crippen LogP contribution in [0.3, 0.4) is 0 Å². The SMILES string of the molecule is C[C@@H](C(=O)Nc1ccc(Cl)cc1F)[C@H]1CC[C@@]2(CC1)COc1cc(C(F)(F)F)ccc12. The number of alkyl halides is 3. The summed E-state index contributed by atoms with van der Waals surface area (Å²) in [4.78, 5) is 12.6. The molecule has 1 spiro atoms. The van der Waals surface area contributed by atoms with Crippen molar-refractivity contribution in [2.24, 2.45) is 11.8 Å². The molecule has 166 valence electrons. The van der Waals surface area contributed by atoms with Gasteiger partial charge >= 0.3 is 6.18 Å². The maximum atomic E-state index is 14.0. The van der Waals surface area contributed by atoms with Crippen molar-refractivity contribution in [3.05, 3.63) is 58.4 Å². The number of rotatable bonds is 3. The van der Waals surface area contributed by atoms with E-state index < -0.39 is 17.6 Å². The molecule has 0 bridgehead atoms. The molecular formula is C23H22ClF4NO2. The molecule has 2 aromatic carbocycles. The number of hydrogen-bond acceptors (Lipinski definition) is 2. The Morgan fingerprint density at radius 3 is 2.55 bits per heavy atom. The zero-order chi connectivity index (χ0) is 22.4. The van der Waals surface area contributed by atoms with Crippen LogP contribution in [0, 0.1) is 17.7 Å². The molecule has 1 atom stereocenters. The van der Waals surface area contributed by atoms with Crippen LogP contribution in [0.1, 0.15) is 43.7 Å². The monoisotopic (exact) mass is 455 g/mol. The van der Waals surface area contributed by atoms with Crippen molar-refractivity contribution in [2.45, 2.75) is 44.2 Å². The van der Waals surface area contributed by atoms with Crippen molar-refractivity contribution in [1.82, 2.24) is 0 Å². The van der Waals surface area contributed by atoms with E-state index in [1.807, 2.05) is 6.92 Å². The van der Waals surface area contributed by atoms with Gasteiger partial charge in [0.1, 0.15) is 11.6 Å². The lowest BCUT2D eigenvalue weighted by molar-refractivity contribution is -0.137. The van der Waals surface area contributed by atoms with Gasteiger partial charge in [-0.3, -0.25) is 4.79 Å².